The molecule has 4 aliphatic rings. The Kier molecular flexibility index (Phi) is 3.18. The maximum atomic E-state index is 12.8. The maximum Gasteiger partial charge on any atom is 0.339 e. The van der Waals surface area contributed by atoms with Gasteiger partial charge in [-0.1, -0.05) is 30.9 Å². The van der Waals surface area contributed by atoms with Gasteiger partial charge in [0, 0.05) is 0 Å². The minimum atomic E-state index is -0.265. The second-order valence-corrected chi connectivity index (χ2v) is 7.67. The fourth-order valence-electron chi connectivity index (χ4n) is 5.40. The number of rotatable bonds is 3. The van der Waals surface area contributed by atoms with Gasteiger partial charge in [-0.15, -0.1) is 0 Å². The van der Waals surface area contributed by atoms with Gasteiger partial charge in [-0.25, -0.2) is 4.79 Å². The predicted molar refractivity (Wildman–Crippen MR) is 87.4 cm³/mol. The second kappa shape index (κ2) is 4.97. The molecule has 1 aromatic rings. The zero-order valence-corrected chi connectivity index (χ0v) is 13.3. The summed E-state index contributed by atoms with van der Waals surface area (Å²) >= 11 is 0. The van der Waals surface area contributed by atoms with Gasteiger partial charge >= 0.3 is 5.97 Å². The van der Waals surface area contributed by atoms with Gasteiger partial charge < -0.3 is 4.74 Å². The summed E-state index contributed by atoms with van der Waals surface area (Å²) in [5.41, 5.74) is 1.24. The Bertz CT molecular complexity index is 588. The van der Waals surface area contributed by atoms with Crippen molar-refractivity contribution < 1.29 is 9.53 Å². The molecule has 0 aliphatic heterocycles. The highest BCUT2D eigenvalue weighted by molar-refractivity contribution is 5.93. The smallest absolute Gasteiger partial charge is 0.339 e. The molecule has 0 spiro atoms. The third-order valence-electron chi connectivity index (χ3n) is 6.47. The molecular formula is C20H24O2. The second-order valence-electron chi connectivity index (χ2n) is 7.67. The van der Waals surface area contributed by atoms with E-state index in [0.717, 1.165) is 17.4 Å². The van der Waals surface area contributed by atoms with Crippen LogP contribution in [0.3, 0.4) is 0 Å². The first-order chi connectivity index (χ1) is 10.6. The van der Waals surface area contributed by atoms with Gasteiger partial charge in [-0.3, -0.25) is 0 Å². The lowest BCUT2D eigenvalue weighted by molar-refractivity contribution is -0.165. The van der Waals surface area contributed by atoms with Crippen molar-refractivity contribution >= 4 is 12.0 Å². The number of carbonyl (C=O) groups excluding carboxylic acids is 1. The van der Waals surface area contributed by atoms with E-state index in [0.29, 0.717) is 17.4 Å². The fraction of sp³-hybridized carbons (Fsp3) is 0.550. The molecule has 0 unspecified atom stereocenters. The van der Waals surface area contributed by atoms with Crippen LogP contribution in [-0.4, -0.2) is 11.6 Å². The third-order valence-corrected chi connectivity index (χ3v) is 6.47. The maximum absolute atomic E-state index is 12.8. The van der Waals surface area contributed by atoms with Gasteiger partial charge in [0.15, 0.2) is 0 Å². The summed E-state index contributed by atoms with van der Waals surface area (Å²) in [4.78, 5) is 12.8. The van der Waals surface area contributed by atoms with E-state index in [1.54, 1.807) is 6.08 Å². The molecule has 0 amide bonds. The molecule has 1 aromatic carbocycles. The van der Waals surface area contributed by atoms with Crippen LogP contribution in [0.1, 0.15) is 54.9 Å². The van der Waals surface area contributed by atoms with E-state index in [9.17, 15) is 4.79 Å². The number of esters is 1. The lowest BCUT2D eigenvalue weighted by Crippen LogP contribution is -2.58. The molecule has 4 bridgehead atoms. The first-order valence-electron chi connectivity index (χ1n) is 8.55. The van der Waals surface area contributed by atoms with Crippen molar-refractivity contribution in [2.24, 2.45) is 23.7 Å². The highest BCUT2D eigenvalue weighted by Crippen LogP contribution is 2.59. The molecular weight excluding hydrogens is 272 g/mol. The molecule has 0 atom stereocenters. The Morgan fingerprint density at radius 3 is 2.32 bits per heavy atom. The van der Waals surface area contributed by atoms with Crippen LogP contribution in [0.25, 0.3) is 6.08 Å². The van der Waals surface area contributed by atoms with Crippen molar-refractivity contribution in [2.45, 2.75) is 44.6 Å². The van der Waals surface area contributed by atoms with Gasteiger partial charge in [-0.2, -0.15) is 0 Å². The van der Waals surface area contributed by atoms with Crippen LogP contribution >= 0.6 is 0 Å². The molecule has 22 heavy (non-hydrogen) atoms. The van der Waals surface area contributed by atoms with Gasteiger partial charge in [0.2, 0.25) is 0 Å². The standard InChI is InChI=1S/C20H24O2/c1-3-15-6-4-5-7-18(15)19(21)22-20(2)16-9-13-8-14(11-16)12-17(20)10-13/h3-7,13-14,16-17H,1,8-12H2,2H3. The number of hydrogen-bond donors (Lipinski definition) is 0. The van der Waals surface area contributed by atoms with Crippen LogP contribution in [0, 0.1) is 23.7 Å². The first-order valence-corrected chi connectivity index (χ1v) is 8.55. The number of hydrogen-bond acceptors (Lipinski definition) is 2. The van der Waals surface area contributed by atoms with Crippen molar-refractivity contribution in [3.8, 4) is 0 Å². The van der Waals surface area contributed by atoms with E-state index in [1.165, 1.54) is 32.1 Å². The molecule has 4 aliphatic carbocycles. The normalized spacial score (nSPS) is 38.8. The van der Waals surface area contributed by atoms with Crippen molar-refractivity contribution in [1.29, 1.82) is 0 Å². The van der Waals surface area contributed by atoms with E-state index in [2.05, 4.69) is 13.5 Å². The van der Waals surface area contributed by atoms with Gasteiger partial charge in [0.1, 0.15) is 5.60 Å². The summed E-state index contributed by atoms with van der Waals surface area (Å²) in [5, 5.41) is 0. The van der Waals surface area contributed by atoms with E-state index < -0.39 is 0 Å². The molecule has 0 heterocycles. The van der Waals surface area contributed by atoms with E-state index in [4.69, 9.17) is 4.74 Å². The lowest BCUT2D eigenvalue weighted by atomic mass is 9.50. The monoisotopic (exact) mass is 296 g/mol. The van der Waals surface area contributed by atoms with E-state index in [1.807, 2.05) is 24.3 Å². The summed E-state index contributed by atoms with van der Waals surface area (Å²) in [5.74, 6) is 2.71. The quantitative estimate of drug-likeness (QED) is 0.756. The molecule has 2 nitrogen and oxygen atoms in total. The summed E-state index contributed by atoms with van der Waals surface area (Å²) in [6.07, 6.45) is 8.14. The minimum absolute atomic E-state index is 0.175. The van der Waals surface area contributed by atoms with Crippen LogP contribution in [0.2, 0.25) is 0 Å². The Morgan fingerprint density at radius 1 is 1.14 bits per heavy atom. The molecule has 0 radical (unpaired) electrons. The summed E-state index contributed by atoms with van der Waals surface area (Å²) in [7, 11) is 0. The predicted octanol–water partition coefficient (Wildman–Crippen LogP) is 4.70. The van der Waals surface area contributed by atoms with Crippen LogP contribution in [0.15, 0.2) is 30.8 Å². The first kappa shape index (κ1) is 14.0. The average Bonchev–Trinajstić information content (AvgIpc) is 2.52. The molecule has 5 rings (SSSR count). The number of carbonyl (C=O) groups is 1. The molecule has 0 N–H and O–H groups in total. The summed E-state index contributed by atoms with van der Waals surface area (Å²) < 4.78 is 6.16. The third kappa shape index (κ3) is 2.04. The van der Waals surface area contributed by atoms with Crippen molar-refractivity contribution in [3.05, 3.63) is 42.0 Å². The van der Waals surface area contributed by atoms with Crippen LogP contribution in [0.4, 0.5) is 0 Å². The average molecular weight is 296 g/mol. The molecule has 116 valence electrons. The zero-order chi connectivity index (χ0) is 15.3. The SMILES string of the molecule is C=Cc1ccccc1C(=O)OC1(C)C2CC3CC(C2)CC1C3. The Labute approximate surface area is 132 Å². The molecule has 2 heteroatoms. The van der Waals surface area contributed by atoms with Gasteiger partial charge in [0.05, 0.1) is 5.56 Å². The Hall–Kier alpha value is -1.57. The number of ether oxygens (including phenoxy) is 1. The highest BCUT2D eigenvalue weighted by Gasteiger charge is 2.57. The van der Waals surface area contributed by atoms with E-state index >= 15 is 0 Å². The summed E-state index contributed by atoms with van der Waals surface area (Å²) in [6, 6.07) is 7.59. The summed E-state index contributed by atoms with van der Waals surface area (Å²) in [6.45, 7) is 5.99. The van der Waals surface area contributed by atoms with Crippen LogP contribution in [0.5, 0.6) is 0 Å². The topological polar surface area (TPSA) is 26.3 Å². The molecule has 0 aromatic heterocycles. The van der Waals surface area contributed by atoms with Gasteiger partial charge in [-0.05, 0) is 74.3 Å². The van der Waals surface area contributed by atoms with Crippen molar-refractivity contribution in [3.63, 3.8) is 0 Å². The zero-order valence-electron chi connectivity index (χ0n) is 13.3. The molecule has 0 saturated heterocycles. The van der Waals surface area contributed by atoms with E-state index in [-0.39, 0.29) is 11.6 Å². The largest absolute Gasteiger partial charge is 0.455 e. The molecule has 4 fully saturated rings. The Morgan fingerprint density at radius 2 is 1.73 bits per heavy atom. The molecule has 4 saturated carbocycles. The van der Waals surface area contributed by atoms with Crippen LogP contribution < -0.4 is 0 Å². The lowest BCUT2D eigenvalue weighted by Gasteiger charge is -2.59. The van der Waals surface area contributed by atoms with Gasteiger partial charge in [0.25, 0.3) is 0 Å². The minimum Gasteiger partial charge on any atom is -0.455 e. The highest BCUT2D eigenvalue weighted by atomic mass is 16.6. The van der Waals surface area contributed by atoms with Crippen molar-refractivity contribution in [1.82, 2.24) is 0 Å². The fourth-order valence-corrected chi connectivity index (χ4v) is 5.40. The van der Waals surface area contributed by atoms with Crippen LogP contribution in [-0.2, 0) is 4.74 Å². The Balaban J connectivity index is 1.60. The van der Waals surface area contributed by atoms with Crippen molar-refractivity contribution in [2.75, 3.05) is 0 Å². The number of benzene rings is 1.